The summed E-state index contributed by atoms with van der Waals surface area (Å²) in [5, 5.41) is 3.79. The van der Waals surface area contributed by atoms with Crippen LogP contribution in [-0.4, -0.2) is 0 Å². The first-order valence-electron chi connectivity index (χ1n) is 21.7. The van der Waals surface area contributed by atoms with Crippen molar-refractivity contribution < 1.29 is 0 Å². The van der Waals surface area contributed by atoms with Crippen LogP contribution in [0.25, 0.3) is 55.6 Å². The minimum absolute atomic E-state index is 0.525. The van der Waals surface area contributed by atoms with Crippen molar-refractivity contribution in [2.24, 2.45) is 0 Å². The molecule has 0 radical (unpaired) electrons. The number of nitrogens with zero attached hydrogens (tertiary/aromatic N) is 1. The molecule has 0 bridgehead atoms. The molecule has 0 aromatic heterocycles. The van der Waals surface area contributed by atoms with Gasteiger partial charge < -0.3 is 10.2 Å². The number of hydrogen-bond donors (Lipinski definition) is 1. The van der Waals surface area contributed by atoms with E-state index in [-0.39, 0.29) is 0 Å². The second kappa shape index (κ2) is 15.1. The molecule has 63 heavy (non-hydrogen) atoms. The van der Waals surface area contributed by atoms with Gasteiger partial charge in [0.25, 0.3) is 0 Å². The Hall–Kier alpha value is -8.20. The van der Waals surface area contributed by atoms with Crippen LogP contribution in [0.3, 0.4) is 0 Å². The molecule has 2 heteroatoms. The van der Waals surface area contributed by atoms with Gasteiger partial charge in [0.1, 0.15) is 0 Å². The van der Waals surface area contributed by atoms with Crippen LogP contribution in [0.2, 0.25) is 0 Å². The van der Waals surface area contributed by atoms with Crippen LogP contribution in [0.4, 0.5) is 28.4 Å². The smallest absolute Gasteiger partial charge is 0.0727 e. The van der Waals surface area contributed by atoms with Crippen LogP contribution >= 0.6 is 0 Å². The summed E-state index contributed by atoms with van der Waals surface area (Å²) in [6.07, 6.45) is 0. The van der Waals surface area contributed by atoms with Gasteiger partial charge in [-0.25, -0.2) is 0 Å². The zero-order valence-electron chi connectivity index (χ0n) is 34.6. The Morgan fingerprint density at radius 3 is 1.10 bits per heavy atom. The molecule has 2 aliphatic rings. The van der Waals surface area contributed by atoms with Gasteiger partial charge in [-0.1, -0.05) is 188 Å². The quantitative estimate of drug-likeness (QED) is 0.165. The van der Waals surface area contributed by atoms with Crippen molar-refractivity contribution in [3.05, 3.63) is 271 Å². The van der Waals surface area contributed by atoms with Crippen LogP contribution in [0, 0.1) is 0 Å². The summed E-state index contributed by atoms with van der Waals surface area (Å²) in [5.41, 5.74) is 22.4. The lowest BCUT2D eigenvalue weighted by Gasteiger charge is -2.32. The van der Waals surface area contributed by atoms with E-state index in [9.17, 15) is 0 Å². The average molecular weight is 803 g/mol. The van der Waals surface area contributed by atoms with E-state index in [0.29, 0.717) is 0 Å². The molecule has 0 saturated carbocycles. The number of hydrogen-bond acceptors (Lipinski definition) is 2. The third-order valence-corrected chi connectivity index (χ3v) is 13.1. The van der Waals surface area contributed by atoms with Gasteiger partial charge in [-0.2, -0.15) is 0 Å². The number of anilines is 5. The summed E-state index contributed by atoms with van der Waals surface area (Å²) >= 11 is 0. The van der Waals surface area contributed by atoms with Crippen molar-refractivity contribution >= 4 is 28.4 Å². The zero-order valence-corrected chi connectivity index (χ0v) is 34.6. The van der Waals surface area contributed by atoms with E-state index in [1.165, 1.54) is 77.9 Å². The molecule has 1 unspecified atom stereocenters. The molecule has 0 aliphatic heterocycles. The Morgan fingerprint density at radius 1 is 0.254 bits per heavy atom. The molecule has 2 nitrogen and oxygen atoms in total. The van der Waals surface area contributed by atoms with Crippen molar-refractivity contribution in [1.29, 1.82) is 0 Å². The van der Waals surface area contributed by atoms with E-state index < -0.39 is 5.41 Å². The lowest BCUT2D eigenvalue weighted by molar-refractivity contribution is 0.794. The first-order valence-corrected chi connectivity index (χ1v) is 21.7. The maximum Gasteiger partial charge on any atom is 0.0727 e. The fourth-order valence-corrected chi connectivity index (χ4v) is 10.2. The molecular formula is C61H42N2. The van der Waals surface area contributed by atoms with Gasteiger partial charge in [-0.15, -0.1) is 0 Å². The Kier molecular flexibility index (Phi) is 8.76. The van der Waals surface area contributed by atoms with Crippen LogP contribution in [0.15, 0.2) is 249 Å². The molecule has 0 fully saturated rings. The number of nitrogens with one attached hydrogen (secondary N) is 1. The average Bonchev–Trinajstić information content (AvgIpc) is 3.82. The van der Waals surface area contributed by atoms with E-state index in [1.807, 2.05) is 0 Å². The number of fused-ring (bicyclic) bond motifs is 10. The molecule has 2 aliphatic carbocycles. The van der Waals surface area contributed by atoms with Crippen molar-refractivity contribution in [2.45, 2.75) is 5.41 Å². The van der Waals surface area contributed by atoms with E-state index in [4.69, 9.17) is 0 Å². The Balaban J connectivity index is 1.01. The summed E-state index contributed by atoms with van der Waals surface area (Å²) in [4.78, 5) is 2.42. The molecule has 0 amide bonds. The third-order valence-electron chi connectivity index (χ3n) is 13.1. The van der Waals surface area contributed by atoms with Crippen molar-refractivity contribution in [2.75, 3.05) is 10.2 Å². The van der Waals surface area contributed by atoms with Gasteiger partial charge in [-0.3, -0.25) is 0 Å². The predicted molar refractivity (Wildman–Crippen MR) is 263 cm³/mol. The minimum atomic E-state index is -0.525. The fourth-order valence-electron chi connectivity index (χ4n) is 10.2. The van der Waals surface area contributed by atoms with Crippen molar-refractivity contribution in [3.63, 3.8) is 0 Å². The second-order valence-electron chi connectivity index (χ2n) is 16.6. The topological polar surface area (TPSA) is 15.3 Å². The summed E-state index contributed by atoms with van der Waals surface area (Å²) in [5.74, 6) is 0. The second-order valence-corrected chi connectivity index (χ2v) is 16.6. The largest absolute Gasteiger partial charge is 0.356 e. The molecule has 0 saturated heterocycles. The van der Waals surface area contributed by atoms with Gasteiger partial charge in [-0.05, 0) is 139 Å². The lowest BCUT2D eigenvalue weighted by atomic mass is 9.70. The highest BCUT2D eigenvalue weighted by atomic mass is 15.1. The fraction of sp³-hybridized carbons (Fsp3) is 0.0164. The molecule has 10 aromatic carbocycles. The van der Waals surface area contributed by atoms with Gasteiger partial charge in [0.15, 0.2) is 0 Å². The first kappa shape index (κ1) is 36.6. The van der Waals surface area contributed by atoms with E-state index in [0.717, 1.165) is 28.4 Å². The van der Waals surface area contributed by atoms with Crippen LogP contribution in [0.1, 0.15) is 22.3 Å². The molecule has 1 atom stereocenters. The first-order chi connectivity index (χ1) is 31.2. The maximum absolute atomic E-state index is 3.79. The highest BCUT2D eigenvalue weighted by molar-refractivity contribution is 5.97. The van der Waals surface area contributed by atoms with Gasteiger partial charge in [0.2, 0.25) is 0 Å². The van der Waals surface area contributed by atoms with E-state index >= 15 is 0 Å². The monoisotopic (exact) mass is 802 g/mol. The highest BCUT2D eigenvalue weighted by Crippen LogP contribution is 2.63. The maximum atomic E-state index is 3.79. The van der Waals surface area contributed by atoms with Gasteiger partial charge >= 0.3 is 0 Å². The zero-order chi connectivity index (χ0) is 41.7. The summed E-state index contributed by atoms with van der Waals surface area (Å²) in [6, 6.07) is 90.8. The highest BCUT2D eigenvalue weighted by Gasteiger charge is 2.52. The van der Waals surface area contributed by atoms with Crippen molar-refractivity contribution in [3.8, 4) is 55.6 Å². The van der Waals surface area contributed by atoms with Crippen LogP contribution in [0.5, 0.6) is 0 Å². The molecule has 1 N–H and O–H groups in total. The number of benzene rings is 10. The number of rotatable bonds is 8. The molecular weight excluding hydrogens is 761 g/mol. The van der Waals surface area contributed by atoms with Crippen molar-refractivity contribution in [1.82, 2.24) is 0 Å². The van der Waals surface area contributed by atoms with E-state index in [2.05, 4.69) is 259 Å². The predicted octanol–water partition coefficient (Wildman–Crippen LogP) is 16.2. The van der Waals surface area contributed by atoms with Crippen LogP contribution in [-0.2, 0) is 5.41 Å². The van der Waals surface area contributed by atoms with Gasteiger partial charge in [0, 0.05) is 28.4 Å². The molecule has 296 valence electrons. The Bertz CT molecular complexity index is 3170. The molecule has 10 aromatic rings. The Morgan fingerprint density at radius 2 is 0.603 bits per heavy atom. The minimum Gasteiger partial charge on any atom is -0.356 e. The summed E-state index contributed by atoms with van der Waals surface area (Å²) in [6.45, 7) is 0. The standard InChI is InChI=1S/C61H42N2/c1-4-14-42(15-5-1)45-24-30-48(31-25-45)62-49-32-38-55-53-20-10-12-22-57(53)61(59(55)40-49)58-23-13-11-21-54(58)56-39-37-52(41-60(56)61)63(50-33-26-46(27-34-50)43-16-6-2-7-17-43)51-35-28-47(29-36-51)44-18-8-3-9-19-44/h1-41,62H. The summed E-state index contributed by atoms with van der Waals surface area (Å²) < 4.78 is 0. The molecule has 1 spiro atoms. The Labute approximate surface area is 369 Å². The summed E-state index contributed by atoms with van der Waals surface area (Å²) in [7, 11) is 0. The normalized spacial score (nSPS) is 14.1. The van der Waals surface area contributed by atoms with Gasteiger partial charge in [0.05, 0.1) is 5.41 Å². The molecule has 12 rings (SSSR count). The van der Waals surface area contributed by atoms with E-state index in [1.54, 1.807) is 0 Å². The third kappa shape index (κ3) is 6.10. The van der Waals surface area contributed by atoms with Crippen LogP contribution < -0.4 is 10.2 Å². The lowest BCUT2D eigenvalue weighted by Crippen LogP contribution is -2.26. The molecule has 0 heterocycles. The SMILES string of the molecule is c1ccc(-c2ccc(Nc3ccc4c(c3)C3(c5ccccc5-4)c4ccccc4-c4ccc(N(c5ccc(-c6ccccc6)cc5)c5ccc(-c6ccccc6)cc5)cc43)cc2)cc1.